The lowest BCUT2D eigenvalue weighted by molar-refractivity contribution is -0.119. The van der Waals surface area contributed by atoms with Crippen LogP contribution in [0.2, 0.25) is 5.02 Å². The van der Waals surface area contributed by atoms with Crippen molar-refractivity contribution >= 4 is 29.0 Å². The van der Waals surface area contributed by atoms with Crippen LogP contribution in [0, 0.1) is 0 Å². The van der Waals surface area contributed by atoms with Crippen LogP contribution in [-0.2, 0) is 9.59 Å². The van der Waals surface area contributed by atoms with Gasteiger partial charge in [0.25, 0.3) is 0 Å². The van der Waals surface area contributed by atoms with Gasteiger partial charge >= 0.3 is 0 Å². The fourth-order valence-corrected chi connectivity index (χ4v) is 4.60. The summed E-state index contributed by atoms with van der Waals surface area (Å²) in [5, 5.41) is 0.593. The first-order valence-electron chi connectivity index (χ1n) is 10.1. The highest BCUT2D eigenvalue weighted by Crippen LogP contribution is 2.48. The van der Waals surface area contributed by atoms with E-state index in [4.69, 9.17) is 25.8 Å². The number of anilines is 1. The van der Waals surface area contributed by atoms with Gasteiger partial charge in [-0.05, 0) is 43.2 Å². The summed E-state index contributed by atoms with van der Waals surface area (Å²) in [6.45, 7) is 0. The fourth-order valence-electron chi connectivity index (χ4n) is 4.47. The minimum Gasteiger partial charge on any atom is -0.496 e. The minimum absolute atomic E-state index is 0.0644. The van der Waals surface area contributed by atoms with E-state index in [-0.39, 0.29) is 18.1 Å². The fraction of sp³-hybridized carbons (Fsp3) is 0.333. The molecule has 0 spiro atoms. The normalized spacial score (nSPS) is 18.7. The number of carbonyl (C=O) groups is 2. The lowest BCUT2D eigenvalue weighted by Gasteiger charge is -2.38. The Morgan fingerprint density at radius 2 is 1.55 bits per heavy atom. The third kappa shape index (κ3) is 3.76. The van der Waals surface area contributed by atoms with E-state index in [2.05, 4.69) is 0 Å². The van der Waals surface area contributed by atoms with E-state index in [9.17, 15) is 9.59 Å². The highest BCUT2D eigenvalue weighted by molar-refractivity contribution is 6.30. The van der Waals surface area contributed by atoms with Gasteiger partial charge in [0.15, 0.2) is 17.3 Å². The molecule has 0 saturated heterocycles. The zero-order chi connectivity index (χ0) is 22.1. The van der Waals surface area contributed by atoms with Crippen LogP contribution in [0.15, 0.2) is 47.7 Å². The Morgan fingerprint density at radius 3 is 2.19 bits per heavy atom. The molecule has 31 heavy (non-hydrogen) atoms. The Hall–Kier alpha value is -2.99. The van der Waals surface area contributed by atoms with Gasteiger partial charge < -0.3 is 14.2 Å². The number of ketones is 1. The van der Waals surface area contributed by atoms with Crippen LogP contribution in [0.5, 0.6) is 17.2 Å². The second kappa shape index (κ2) is 8.63. The molecular weight excluding hydrogens is 418 g/mol. The van der Waals surface area contributed by atoms with E-state index >= 15 is 0 Å². The molecular formula is C24H24ClNO5. The summed E-state index contributed by atoms with van der Waals surface area (Å²) >= 11 is 6.03. The molecule has 0 N–H and O–H groups in total. The first kappa shape index (κ1) is 21.2. The Kier molecular flexibility index (Phi) is 5.92. The van der Waals surface area contributed by atoms with Crippen LogP contribution >= 0.6 is 11.6 Å². The number of amides is 1. The molecule has 1 atom stereocenters. The molecule has 1 amide bonds. The van der Waals surface area contributed by atoms with Gasteiger partial charge in [-0.3, -0.25) is 14.5 Å². The van der Waals surface area contributed by atoms with E-state index in [1.54, 1.807) is 62.6 Å². The summed E-state index contributed by atoms with van der Waals surface area (Å²) < 4.78 is 16.5. The van der Waals surface area contributed by atoms with Gasteiger partial charge in [-0.25, -0.2) is 0 Å². The summed E-state index contributed by atoms with van der Waals surface area (Å²) in [6, 6.07) is 10.7. The number of Topliss-reactive ketones (excluding diaryl/α,β-unsaturated/α-hetero) is 1. The van der Waals surface area contributed by atoms with E-state index in [1.165, 1.54) is 0 Å². The number of carbonyl (C=O) groups excluding carboxylic acids is 2. The van der Waals surface area contributed by atoms with Crippen LogP contribution in [0.3, 0.4) is 0 Å². The number of halogens is 1. The molecule has 0 saturated carbocycles. The molecule has 0 fully saturated rings. The first-order valence-corrected chi connectivity index (χ1v) is 10.5. The van der Waals surface area contributed by atoms with Gasteiger partial charge in [0.2, 0.25) is 5.91 Å². The molecule has 0 aromatic heterocycles. The molecule has 4 rings (SSSR count). The molecule has 1 aliphatic heterocycles. The van der Waals surface area contributed by atoms with E-state index in [1.807, 2.05) is 0 Å². The predicted octanol–water partition coefficient (Wildman–Crippen LogP) is 4.89. The minimum atomic E-state index is -0.409. The van der Waals surface area contributed by atoms with E-state index < -0.39 is 5.92 Å². The zero-order valence-electron chi connectivity index (χ0n) is 17.7. The van der Waals surface area contributed by atoms with Gasteiger partial charge in [-0.1, -0.05) is 11.6 Å². The number of rotatable bonds is 5. The Labute approximate surface area is 186 Å². The third-order valence-corrected chi connectivity index (χ3v) is 6.12. The second-order valence-corrected chi connectivity index (χ2v) is 7.98. The SMILES string of the molecule is COc1cc(OC)c([C@H]2CC(=O)N(c3ccc(Cl)cc3)C3=C2C(=O)CCC3)cc1OC. The standard InChI is InChI=1S/C24H24ClNO5/c1-29-20-13-22(31-3)21(30-2)11-16(20)17-12-23(28)26(15-9-7-14(25)8-10-15)18-5-4-6-19(27)24(17)18/h7-11,13,17H,4-6,12H2,1-3H3/t17-/m1/s1. The molecule has 162 valence electrons. The molecule has 2 aliphatic rings. The highest BCUT2D eigenvalue weighted by Gasteiger charge is 2.41. The van der Waals surface area contributed by atoms with Crippen molar-refractivity contribution in [2.45, 2.75) is 31.6 Å². The largest absolute Gasteiger partial charge is 0.496 e. The van der Waals surface area contributed by atoms with Crippen LogP contribution in [-0.4, -0.2) is 33.0 Å². The quantitative estimate of drug-likeness (QED) is 0.660. The average molecular weight is 442 g/mol. The van der Waals surface area contributed by atoms with Crippen molar-refractivity contribution < 1.29 is 23.8 Å². The van der Waals surface area contributed by atoms with Gasteiger partial charge in [0.05, 0.1) is 21.3 Å². The molecule has 0 bridgehead atoms. The van der Waals surface area contributed by atoms with Gasteiger partial charge in [0, 0.05) is 52.4 Å². The summed E-state index contributed by atoms with van der Waals surface area (Å²) in [5.41, 5.74) is 2.89. The van der Waals surface area contributed by atoms with Gasteiger partial charge in [-0.15, -0.1) is 0 Å². The zero-order valence-corrected chi connectivity index (χ0v) is 18.5. The number of ether oxygens (including phenoxy) is 3. The van der Waals surface area contributed by atoms with Crippen LogP contribution < -0.4 is 19.1 Å². The Bertz CT molecular complexity index is 1060. The topological polar surface area (TPSA) is 65.1 Å². The lowest BCUT2D eigenvalue weighted by atomic mass is 9.76. The number of hydrogen-bond acceptors (Lipinski definition) is 5. The molecule has 0 radical (unpaired) electrons. The summed E-state index contributed by atoms with van der Waals surface area (Å²) in [4.78, 5) is 28.1. The van der Waals surface area contributed by atoms with Crippen molar-refractivity contribution in [1.29, 1.82) is 0 Å². The van der Waals surface area contributed by atoms with E-state index in [0.717, 1.165) is 11.3 Å². The molecule has 0 unspecified atom stereocenters. The molecule has 2 aromatic rings. The maximum atomic E-state index is 13.4. The summed E-state index contributed by atoms with van der Waals surface area (Å²) in [7, 11) is 4.67. The maximum absolute atomic E-state index is 13.4. The van der Waals surface area contributed by atoms with Crippen molar-refractivity contribution in [3.63, 3.8) is 0 Å². The van der Waals surface area contributed by atoms with Crippen molar-refractivity contribution in [2.75, 3.05) is 26.2 Å². The van der Waals surface area contributed by atoms with Crippen molar-refractivity contribution in [1.82, 2.24) is 0 Å². The smallest absolute Gasteiger partial charge is 0.232 e. The van der Waals surface area contributed by atoms with Crippen molar-refractivity contribution in [2.24, 2.45) is 0 Å². The Balaban J connectivity index is 1.89. The van der Waals surface area contributed by atoms with Crippen LogP contribution in [0.25, 0.3) is 0 Å². The first-order chi connectivity index (χ1) is 15.0. The monoisotopic (exact) mass is 441 g/mol. The van der Waals surface area contributed by atoms with Crippen molar-refractivity contribution in [3.05, 3.63) is 58.3 Å². The molecule has 6 nitrogen and oxygen atoms in total. The lowest BCUT2D eigenvalue weighted by Crippen LogP contribution is -2.40. The maximum Gasteiger partial charge on any atom is 0.232 e. The Morgan fingerprint density at radius 1 is 0.903 bits per heavy atom. The number of methoxy groups -OCH3 is 3. The van der Waals surface area contributed by atoms with Gasteiger partial charge in [-0.2, -0.15) is 0 Å². The second-order valence-electron chi connectivity index (χ2n) is 7.55. The number of hydrogen-bond donors (Lipinski definition) is 0. The molecule has 2 aromatic carbocycles. The summed E-state index contributed by atoms with van der Waals surface area (Å²) in [6.07, 6.45) is 1.99. The van der Waals surface area contributed by atoms with E-state index in [0.29, 0.717) is 52.8 Å². The van der Waals surface area contributed by atoms with Crippen LogP contribution in [0.1, 0.15) is 37.2 Å². The number of nitrogens with zero attached hydrogens (tertiary/aromatic N) is 1. The van der Waals surface area contributed by atoms with Crippen molar-refractivity contribution in [3.8, 4) is 17.2 Å². The summed E-state index contributed by atoms with van der Waals surface area (Å²) in [5.74, 6) is 1.19. The number of allylic oxidation sites excluding steroid dienone is 2. The molecule has 7 heteroatoms. The average Bonchev–Trinajstić information content (AvgIpc) is 2.78. The highest BCUT2D eigenvalue weighted by atomic mass is 35.5. The predicted molar refractivity (Wildman–Crippen MR) is 118 cm³/mol. The van der Waals surface area contributed by atoms with Gasteiger partial charge in [0.1, 0.15) is 5.75 Å². The number of benzene rings is 2. The third-order valence-electron chi connectivity index (χ3n) is 5.87. The van der Waals surface area contributed by atoms with Crippen LogP contribution in [0.4, 0.5) is 5.69 Å². The molecule has 1 aliphatic carbocycles. The molecule has 1 heterocycles.